The van der Waals surface area contributed by atoms with Crippen LogP contribution in [0, 0.1) is 20.8 Å². The van der Waals surface area contributed by atoms with E-state index in [1.165, 1.54) is 16.9 Å². The standard InChI is InChI=1S/C23H27N3O3S/c1-13-7-9-18(14(2)11-13)26-23-25-16(4)21(30-23)22(27)24-15(3)17-8-10-19(28-5)20(12-17)29-6/h7-12,15H,1-6H3,(H,24,27)(H,25,26)/t15-/m1/s1. The van der Waals surface area contributed by atoms with Crippen LogP contribution in [-0.2, 0) is 0 Å². The molecule has 1 atom stereocenters. The van der Waals surface area contributed by atoms with Crippen molar-refractivity contribution in [3.63, 3.8) is 0 Å². The number of nitrogens with zero attached hydrogens (tertiary/aromatic N) is 1. The third-order valence-corrected chi connectivity index (χ3v) is 5.95. The Balaban J connectivity index is 1.74. The van der Waals surface area contributed by atoms with E-state index in [9.17, 15) is 4.79 Å². The highest BCUT2D eigenvalue weighted by molar-refractivity contribution is 7.17. The molecule has 0 radical (unpaired) electrons. The predicted octanol–water partition coefficient (Wildman–Crippen LogP) is 5.32. The maximum absolute atomic E-state index is 12.9. The first-order valence-electron chi connectivity index (χ1n) is 9.67. The number of carbonyl (C=O) groups excluding carboxylic acids is 1. The van der Waals surface area contributed by atoms with E-state index in [1.54, 1.807) is 14.2 Å². The minimum atomic E-state index is -0.199. The number of ether oxygens (including phenoxy) is 2. The zero-order valence-corrected chi connectivity index (χ0v) is 18.9. The number of rotatable bonds is 7. The average Bonchev–Trinajstić information content (AvgIpc) is 3.09. The van der Waals surface area contributed by atoms with Gasteiger partial charge in [-0.1, -0.05) is 35.1 Å². The molecule has 0 unspecified atom stereocenters. The van der Waals surface area contributed by atoms with Gasteiger partial charge in [0.15, 0.2) is 16.6 Å². The first-order valence-corrected chi connectivity index (χ1v) is 10.5. The minimum Gasteiger partial charge on any atom is -0.493 e. The SMILES string of the molecule is COc1ccc([C@@H](C)NC(=O)c2sc(Nc3ccc(C)cc3C)nc2C)cc1OC. The molecule has 7 heteroatoms. The second-order valence-corrected chi connectivity index (χ2v) is 8.19. The number of methoxy groups -OCH3 is 2. The monoisotopic (exact) mass is 425 g/mol. The van der Waals surface area contributed by atoms with Gasteiger partial charge in [0.1, 0.15) is 4.88 Å². The van der Waals surface area contributed by atoms with Crippen molar-refractivity contribution in [1.29, 1.82) is 0 Å². The van der Waals surface area contributed by atoms with Crippen molar-refractivity contribution in [3.05, 3.63) is 63.7 Å². The summed E-state index contributed by atoms with van der Waals surface area (Å²) in [4.78, 5) is 18.0. The molecule has 1 amide bonds. The summed E-state index contributed by atoms with van der Waals surface area (Å²) >= 11 is 1.35. The predicted molar refractivity (Wildman–Crippen MR) is 121 cm³/mol. The van der Waals surface area contributed by atoms with Crippen LogP contribution in [0.25, 0.3) is 0 Å². The van der Waals surface area contributed by atoms with Crippen molar-refractivity contribution < 1.29 is 14.3 Å². The van der Waals surface area contributed by atoms with Crippen LogP contribution in [0.1, 0.15) is 45.0 Å². The van der Waals surface area contributed by atoms with Gasteiger partial charge in [0.05, 0.1) is 26.0 Å². The van der Waals surface area contributed by atoms with E-state index in [-0.39, 0.29) is 11.9 Å². The highest BCUT2D eigenvalue weighted by Crippen LogP contribution is 2.31. The van der Waals surface area contributed by atoms with Gasteiger partial charge in [0, 0.05) is 5.69 Å². The maximum atomic E-state index is 12.9. The molecule has 0 fully saturated rings. The number of hydrogen-bond acceptors (Lipinski definition) is 6. The molecule has 0 saturated carbocycles. The number of amides is 1. The van der Waals surface area contributed by atoms with Crippen LogP contribution >= 0.6 is 11.3 Å². The summed E-state index contributed by atoms with van der Waals surface area (Å²) < 4.78 is 10.6. The summed E-state index contributed by atoms with van der Waals surface area (Å²) in [6.45, 7) is 7.89. The van der Waals surface area contributed by atoms with Crippen LogP contribution in [0.2, 0.25) is 0 Å². The van der Waals surface area contributed by atoms with Crippen LogP contribution in [0.5, 0.6) is 11.5 Å². The second kappa shape index (κ2) is 9.17. The van der Waals surface area contributed by atoms with E-state index >= 15 is 0 Å². The molecular weight excluding hydrogens is 398 g/mol. The number of hydrogen-bond donors (Lipinski definition) is 2. The fourth-order valence-electron chi connectivity index (χ4n) is 3.20. The Morgan fingerprint density at radius 1 is 1.03 bits per heavy atom. The summed E-state index contributed by atoms with van der Waals surface area (Å²) in [5.41, 5.74) is 4.95. The second-order valence-electron chi connectivity index (χ2n) is 7.19. The van der Waals surface area contributed by atoms with Gasteiger partial charge in [-0.15, -0.1) is 0 Å². The maximum Gasteiger partial charge on any atom is 0.263 e. The quantitative estimate of drug-likeness (QED) is 0.536. The molecule has 158 valence electrons. The number of thiazole rings is 1. The highest BCUT2D eigenvalue weighted by Gasteiger charge is 2.19. The summed E-state index contributed by atoms with van der Waals surface area (Å²) in [7, 11) is 3.19. The van der Waals surface area contributed by atoms with Gasteiger partial charge in [-0.2, -0.15) is 0 Å². The molecule has 3 aromatic rings. The third-order valence-electron chi connectivity index (χ3n) is 4.88. The molecule has 0 bridgehead atoms. The number of nitrogens with one attached hydrogen (secondary N) is 2. The third kappa shape index (κ3) is 4.74. The largest absolute Gasteiger partial charge is 0.493 e. The van der Waals surface area contributed by atoms with E-state index in [0.717, 1.165) is 16.8 Å². The molecule has 0 aliphatic carbocycles. The summed E-state index contributed by atoms with van der Waals surface area (Å²) in [6.07, 6.45) is 0. The zero-order chi connectivity index (χ0) is 21.8. The zero-order valence-electron chi connectivity index (χ0n) is 18.1. The Morgan fingerprint density at radius 2 is 1.77 bits per heavy atom. The first kappa shape index (κ1) is 21.6. The molecule has 6 nitrogen and oxygen atoms in total. The number of anilines is 2. The molecular formula is C23H27N3O3S. The normalized spacial score (nSPS) is 11.7. The first-order chi connectivity index (χ1) is 14.3. The fraction of sp³-hybridized carbons (Fsp3) is 0.304. The van der Waals surface area contributed by atoms with Crippen LogP contribution in [0.4, 0.5) is 10.8 Å². The average molecular weight is 426 g/mol. The van der Waals surface area contributed by atoms with Crippen molar-refractivity contribution in [1.82, 2.24) is 10.3 Å². The molecule has 1 aromatic heterocycles. The molecule has 30 heavy (non-hydrogen) atoms. The topological polar surface area (TPSA) is 72.5 Å². The van der Waals surface area contributed by atoms with E-state index in [1.807, 2.05) is 51.1 Å². The number of aryl methyl sites for hydroxylation is 3. The van der Waals surface area contributed by atoms with Crippen molar-refractivity contribution >= 4 is 28.1 Å². The van der Waals surface area contributed by atoms with Crippen LogP contribution in [0.15, 0.2) is 36.4 Å². The van der Waals surface area contributed by atoms with Gasteiger partial charge in [-0.25, -0.2) is 4.98 Å². The Labute approximate surface area is 181 Å². The Morgan fingerprint density at radius 3 is 2.43 bits per heavy atom. The lowest BCUT2D eigenvalue weighted by atomic mass is 10.1. The molecule has 0 spiro atoms. The Hall–Kier alpha value is -3.06. The van der Waals surface area contributed by atoms with Gasteiger partial charge in [0.25, 0.3) is 5.91 Å². The number of aromatic nitrogens is 1. The fourth-order valence-corrected chi connectivity index (χ4v) is 4.08. The van der Waals surface area contributed by atoms with Gasteiger partial charge in [-0.3, -0.25) is 4.79 Å². The Kier molecular flexibility index (Phi) is 6.62. The smallest absolute Gasteiger partial charge is 0.263 e. The number of carbonyl (C=O) groups is 1. The van der Waals surface area contributed by atoms with Crippen molar-refractivity contribution in [2.24, 2.45) is 0 Å². The van der Waals surface area contributed by atoms with Crippen molar-refractivity contribution in [2.45, 2.75) is 33.7 Å². The van der Waals surface area contributed by atoms with E-state index in [0.29, 0.717) is 27.2 Å². The summed E-state index contributed by atoms with van der Waals surface area (Å²) in [5.74, 6) is 1.13. The molecule has 0 aliphatic heterocycles. The van der Waals surface area contributed by atoms with Gasteiger partial charge >= 0.3 is 0 Å². The van der Waals surface area contributed by atoms with Crippen LogP contribution in [0.3, 0.4) is 0 Å². The van der Waals surface area contributed by atoms with E-state index in [2.05, 4.69) is 28.6 Å². The van der Waals surface area contributed by atoms with Crippen LogP contribution in [-0.4, -0.2) is 25.1 Å². The molecule has 2 aromatic carbocycles. The molecule has 0 aliphatic rings. The highest BCUT2D eigenvalue weighted by atomic mass is 32.1. The lowest BCUT2D eigenvalue weighted by Gasteiger charge is -2.16. The number of benzene rings is 2. The molecule has 2 N–H and O–H groups in total. The van der Waals surface area contributed by atoms with Crippen molar-refractivity contribution in [2.75, 3.05) is 19.5 Å². The van der Waals surface area contributed by atoms with Gasteiger partial charge in [0.2, 0.25) is 0 Å². The molecule has 0 saturated heterocycles. The molecule has 3 rings (SSSR count). The Bertz CT molecular complexity index is 1060. The van der Waals surface area contributed by atoms with E-state index < -0.39 is 0 Å². The van der Waals surface area contributed by atoms with Gasteiger partial charge < -0.3 is 20.1 Å². The van der Waals surface area contributed by atoms with Gasteiger partial charge in [-0.05, 0) is 57.0 Å². The minimum absolute atomic E-state index is 0.152. The van der Waals surface area contributed by atoms with Crippen molar-refractivity contribution in [3.8, 4) is 11.5 Å². The molecule has 1 heterocycles. The lowest BCUT2D eigenvalue weighted by Crippen LogP contribution is -2.26. The van der Waals surface area contributed by atoms with E-state index in [4.69, 9.17) is 9.47 Å². The summed E-state index contributed by atoms with van der Waals surface area (Å²) in [6, 6.07) is 11.6. The summed E-state index contributed by atoms with van der Waals surface area (Å²) in [5, 5.41) is 7.07. The van der Waals surface area contributed by atoms with Crippen LogP contribution < -0.4 is 20.1 Å². The lowest BCUT2D eigenvalue weighted by molar-refractivity contribution is 0.0943.